The number of amides is 2. The quantitative estimate of drug-likeness (QED) is 0.635. The maximum atomic E-state index is 12.6. The normalized spacial score (nSPS) is 25.1. The lowest BCUT2D eigenvalue weighted by Gasteiger charge is -2.28. The molecule has 0 aromatic heterocycles. The van der Waals surface area contributed by atoms with Crippen LogP contribution in [-0.4, -0.2) is 29.9 Å². The molecule has 1 aliphatic rings. The van der Waals surface area contributed by atoms with Gasteiger partial charge in [-0.15, -0.1) is 0 Å². The number of allylic oxidation sites excluding steroid dienone is 1. The Morgan fingerprint density at radius 2 is 1.96 bits per heavy atom. The SMILES string of the molecule is CC(=O)N[C@]1(C)CC=CCCC(=O)N[C@H](c2ccccc2)COC1=O. The van der Waals surface area contributed by atoms with Gasteiger partial charge < -0.3 is 15.4 Å². The standard InChI is InChI=1S/C19H24N2O4/c1-14(22)21-19(2)12-8-4-7-11-17(23)20-16(13-25-18(19)24)15-9-5-3-6-10-15/h3-6,8-10,16H,7,11-13H2,1-2H3,(H,20,23)(H,21,22)/t16-,19+/m0/s1. The van der Waals surface area contributed by atoms with Crippen molar-refractivity contribution in [3.63, 3.8) is 0 Å². The van der Waals surface area contributed by atoms with Gasteiger partial charge in [0.2, 0.25) is 11.8 Å². The number of carbonyl (C=O) groups excluding carboxylic acids is 3. The van der Waals surface area contributed by atoms with Gasteiger partial charge in [0.25, 0.3) is 0 Å². The fourth-order valence-electron chi connectivity index (χ4n) is 2.72. The van der Waals surface area contributed by atoms with E-state index in [0.29, 0.717) is 19.3 Å². The fraction of sp³-hybridized carbons (Fsp3) is 0.421. The van der Waals surface area contributed by atoms with Crippen LogP contribution in [0.1, 0.15) is 44.7 Å². The fourth-order valence-corrected chi connectivity index (χ4v) is 2.72. The molecule has 0 radical (unpaired) electrons. The Hall–Kier alpha value is -2.63. The van der Waals surface area contributed by atoms with Crippen LogP contribution in [0.5, 0.6) is 0 Å². The molecule has 0 unspecified atom stereocenters. The molecule has 25 heavy (non-hydrogen) atoms. The molecule has 2 N–H and O–H groups in total. The molecule has 2 atom stereocenters. The van der Waals surface area contributed by atoms with Gasteiger partial charge in [0, 0.05) is 13.3 Å². The number of ether oxygens (including phenoxy) is 1. The molecule has 1 heterocycles. The van der Waals surface area contributed by atoms with Crippen LogP contribution in [0.15, 0.2) is 42.5 Å². The summed E-state index contributed by atoms with van der Waals surface area (Å²) in [6.07, 6.45) is 4.86. The zero-order chi connectivity index (χ0) is 18.3. The number of rotatable bonds is 2. The Morgan fingerprint density at radius 3 is 2.64 bits per heavy atom. The van der Waals surface area contributed by atoms with Crippen LogP contribution >= 0.6 is 0 Å². The Morgan fingerprint density at radius 1 is 1.24 bits per heavy atom. The summed E-state index contributed by atoms with van der Waals surface area (Å²) in [4.78, 5) is 36.1. The zero-order valence-corrected chi connectivity index (χ0v) is 14.6. The second-order valence-electron chi connectivity index (χ2n) is 6.36. The molecule has 2 rings (SSSR count). The predicted molar refractivity (Wildman–Crippen MR) is 93.5 cm³/mol. The van der Waals surface area contributed by atoms with Crippen LogP contribution in [0, 0.1) is 0 Å². The number of carbonyl (C=O) groups is 3. The Kier molecular flexibility index (Phi) is 6.33. The van der Waals surface area contributed by atoms with Crippen molar-refractivity contribution in [2.45, 2.75) is 44.7 Å². The minimum Gasteiger partial charge on any atom is -0.461 e. The van der Waals surface area contributed by atoms with E-state index in [1.54, 1.807) is 13.0 Å². The number of benzene rings is 1. The highest BCUT2D eigenvalue weighted by Gasteiger charge is 2.35. The number of hydrogen-bond donors (Lipinski definition) is 2. The highest BCUT2D eigenvalue weighted by atomic mass is 16.5. The van der Waals surface area contributed by atoms with Crippen LogP contribution in [0.25, 0.3) is 0 Å². The number of esters is 1. The van der Waals surface area contributed by atoms with E-state index in [4.69, 9.17) is 4.74 Å². The van der Waals surface area contributed by atoms with Gasteiger partial charge in [-0.1, -0.05) is 42.5 Å². The molecule has 0 saturated carbocycles. The van der Waals surface area contributed by atoms with Gasteiger partial charge >= 0.3 is 5.97 Å². The molecule has 0 fully saturated rings. The molecule has 0 bridgehead atoms. The topological polar surface area (TPSA) is 84.5 Å². The van der Waals surface area contributed by atoms with E-state index in [1.807, 2.05) is 36.4 Å². The molecular weight excluding hydrogens is 320 g/mol. The van der Waals surface area contributed by atoms with Crippen LogP contribution in [0.4, 0.5) is 0 Å². The third kappa shape index (κ3) is 5.45. The van der Waals surface area contributed by atoms with Gasteiger partial charge in [-0.3, -0.25) is 9.59 Å². The van der Waals surface area contributed by atoms with Crippen LogP contribution in [0.2, 0.25) is 0 Å². The third-order valence-corrected chi connectivity index (χ3v) is 4.05. The molecule has 134 valence electrons. The first-order valence-electron chi connectivity index (χ1n) is 8.36. The maximum absolute atomic E-state index is 12.6. The molecule has 2 amide bonds. The summed E-state index contributed by atoms with van der Waals surface area (Å²) >= 11 is 0. The molecule has 1 aliphatic heterocycles. The first kappa shape index (κ1) is 18.7. The van der Waals surface area contributed by atoms with Crippen molar-refractivity contribution in [1.82, 2.24) is 10.6 Å². The van der Waals surface area contributed by atoms with Gasteiger partial charge in [0.15, 0.2) is 0 Å². The van der Waals surface area contributed by atoms with Crippen molar-refractivity contribution in [3.8, 4) is 0 Å². The van der Waals surface area contributed by atoms with E-state index in [9.17, 15) is 14.4 Å². The zero-order valence-electron chi connectivity index (χ0n) is 14.6. The lowest BCUT2D eigenvalue weighted by Crippen LogP contribution is -2.52. The van der Waals surface area contributed by atoms with E-state index in [2.05, 4.69) is 10.6 Å². The van der Waals surface area contributed by atoms with E-state index >= 15 is 0 Å². The molecule has 1 aromatic carbocycles. The summed E-state index contributed by atoms with van der Waals surface area (Å²) in [7, 11) is 0. The van der Waals surface area contributed by atoms with Crippen molar-refractivity contribution in [1.29, 1.82) is 0 Å². The number of hydrogen-bond acceptors (Lipinski definition) is 4. The van der Waals surface area contributed by atoms with Crippen molar-refractivity contribution >= 4 is 17.8 Å². The first-order chi connectivity index (χ1) is 11.9. The van der Waals surface area contributed by atoms with Crippen LogP contribution in [0.3, 0.4) is 0 Å². The summed E-state index contributed by atoms with van der Waals surface area (Å²) in [5, 5.41) is 5.57. The molecule has 0 spiro atoms. The van der Waals surface area contributed by atoms with Crippen molar-refractivity contribution in [3.05, 3.63) is 48.0 Å². The van der Waals surface area contributed by atoms with E-state index in [-0.39, 0.29) is 18.4 Å². The molecule has 0 aliphatic carbocycles. The highest BCUT2D eigenvalue weighted by molar-refractivity contribution is 5.87. The average molecular weight is 344 g/mol. The summed E-state index contributed by atoms with van der Waals surface area (Å²) < 4.78 is 5.44. The summed E-state index contributed by atoms with van der Waals surface area (Å²) in [5.41, 5.74) is -0.273. The van der Waals surface area contributed by atoms with Crippen molar-refractivity contribution < 1.29 is 19.1 Å². The van der Waals surface area contributed by atoms with Crippen molar-refractivity contribution in [2.75, 3.05) is 6.61 Å². The average Bonchev–Trinajstić information content (AvgIpc) is 2.57. The largest absolute Gasteiger partial charge is 0.461 e. The number of nitrogens with one attached hydrogen (secondary N) is 2. The first-order valence-corrected chi connectivity index (χ1v) is 8.36. The van der Waals surface area contributed by atoms with E-state index < -0.39 is 17.6 Å². The minimum atomic E-state index is -1.13. The molecule has 1 aromatic rings. The Labute approximate surface area is 147 Å². The van der Waals surface area contributed by atoms with Gasteiger partial charge in [0.05, 0.1) is 6.04 Å². The van der Waals surface area contributed by atoms with E-state index in [1.165, 1.54) is 6.92 Å². The van der Waals surface area contributed by atoms with Crippen LogP contribution in [-0.2, 0) is 19.1 Å². The molecule has 0 saturated heterocycles. The van der Waals surface area contributed by atoms with Gasteiger partial charge in [-0.2, -0.15) is 0 Å². The van der Waals surface area contributed by atoms with Crippen LogP contribution < -0.4 is 10.6 Å². The highest BCUT2D eigenvalue weighted by Crippen LogP contribution is 2.19. The monoisotopic (exact) mass is 344 g/mol. The summed E-state index contributed by atoms with van der Waals surface area (Å²) in [5.74, 6) is -0.921. The second kappa shape index (κ2) is 8.46. The van der Waals surface area contributed by atoms with Gasteiger partial charge in [-0.05, 0) is 25.3 Å². The predicted octanol–water partition coefficient (Wildman–Crippen LogP) is 2.02. The molecular formula is C19H24N2O4. The Bertz CT molecular complexity index is 657. The molecule has 6 heteroatoms. The minimum absolute atomic E-state index is 0.00742. The van der Waals surface area contributed by atoms with Crippen molar-refractivity contribution in [2.24, 2.45) is 0 Å². The maximum Gasteiger partial charge on any atom is 0.331 e. The summed E-state index contributed by atoms with van der Waals surface area (Å²) in [6.45, 7) is 3.02. The lowest BCUT2D eigenvalue weighted by molar-refractivity contribution is -0.154. The third-order valence-electron chi connectivity index (χ3n) is 4.05. The van der Waals surface area contributed by atoms with Gasteiger partial charge in [0.1, 0.15) is 12.1 Å². The number of cyclic esters (lactones) is 1. The second-order valence-corrected chi connectivity index (χ2v) is 6.36. The van der Waals surface area contributed by atoms with Gasteiger partial charge in [-0.25, -0.2) is 4.79 Å². The van der Waals surface area contributed by atoms with E-state index in [0.717, 1.165) is 5.56 Å². The summed E-state index contributed by atoms with van der Waals surface area (Å²) in [6, 6.07) is 8.93. The smallest absolute Gasteiger partial charge is 0.331 e. The lowest BCUT2D eigenvalue weighted by atomic mass is 9.96. The molecule has 6 nitrogen and oxygen atoms in total. The Balaban J connectivity index is 2.23.